The van der Waals surface area contributed by atoms with Crippen molar-refractivity contribution in [2.45, 2.75) is 33.1 Å². The molecule has 0 spiro atoms. The van der Waals surface area contributed by atoms with Gasteiger partial charge in [-0.1, -0.05) is 36.4 Å². The number of aromatic nitrogens is 2. The van der Waals surface area contributed by atoms with Crippen LogP contribution in [0.4, 0.5) is 10.7 Å². The first-order valence-corrected chi connectivity index (χ1v) is 11.8. The van der Waals surface area contributed by atoms with Crippen molar-refractivity contribution >= 4 is 22.8 Å². The van der Waals surface area contributed by atoms with E-state index in [1.54, 1.807) is 0 Å². The summed E-state index contributed by atoms with van der Waals surface area (Å²) in [4.78, 5) is 25.6. The molecule has 2 aromatic carbocycles. The van der Waals surface area contributed by atoms with Crippen LogP contribution in [0.3, 0.4) is 0 Å². The average molecular weight is 432 g/mol. The Morgan fingerprint density at radius 3 is 2.56 bits per heavy atom. The third kappa shape index (κ3) is 5.18. The molecule has 2 heterocycles. The van der Waals surface area contributed by atoms with Crippen LogP contribution in [0.2, 0.25) is 0 Å². The number of amides is 2. The quantitative estimate of drug-likeness (QED) is 0.575. The minimum absolute atomic E-state index is 0.0475. The normalized spacial score (nSPS) is 14.5. The molecule has 0 aliphatic carbocycles. The first kappa shape index (κ1) is 22.1. The summed E-state index contributed by atoms with van der Waals surface area (Å²) < 4.78 is 0. The Labute approximate surface area is 190 Å². The van der Waals surface area contributed by atoms with E-state index in [-0.39, 0.29) is 6.03 Å². The first-order valence-electron chi connectivity index (χ1n) is 11.8. The molecule has 4 rings (SSSR count). The van der Waals surface area contributed by atoms with E-state index in [0.717, 1.165) is 69.2 Å². The van der Waals surface area contributed by atoms with Crippen molar-refractivity contribution in [2.75, 3.05) is 37.6 Å². The van der Waals surface area contributed by atoms with Gasteiger partial charge in [0.2, 0.25) is 5.95 Å². The van der Waals surface area contributed by atoms with Crippen LogP contribution in [0.1, 0.15) is 33.1 Å². The number of benzene rings is 2. The van der Waals surface area contributed by atoms with Crippen molar-refractivity contribution in [1.82, 2.24) is 20.2 Å². The Morgan fingerprint density at radius 2 is 1.81 bits per heavy atom. The van der Waals surface area contributed by atoms with E-state index in [9.17, 15) is 4.79 Å². The molecule has 2 amide bonds. The van der Waals surface area contributed by atoms with Gasteiger partial charge in [0.15, 0.2) is 0 Å². The van der Waals surface area contributed by atoms with Crippen LogP contribution in [0.5, 0.6) is 0 Å². The summed E-state index contributed by atoms with van der Waals surface area (Å²) in [7, 11) is 0. The van der Waals surface area contributed by atoms with E-state index >= 15 is 0 Å². The molecule has 0 unspecified atom stereocenters. The highest BCUT2D eigenvalue weighted by molar-refractivity contribution is 5.86. The van der Waals surface area contributed by atoms with E-state index in [1.807, 2.05) is 31.0 Å². The van der Waals surface area contributed by atoms with Crippen molar-refractivity contribution in [3.8, 4) is 11.3 Å². The van der Waals surface area contributed by atoms with Gasteiger partial charge in [-0.15, -0.1) is 0 Å². The molecule has 0 saturated carbocycles. The summed E-state index contributed by atoms with van der Waals surface area (Å²) in [5.41, 5.74) is 2.08. The van der Waals surface area contributed by atoms with E-state index in [0.29, 0.717) is 5.92 Å². The number of nitrogens with one attached hydrogen (secondary N) is 1. The molecule has 0 radical (unpaired) electrons. The summed E-state index contributed by atoms with van der Waals surface area (Å²) in [6, 6.07) is 16.9. The number of fused-ring (bicyclic) bond motifs is 1. The van der Waals surface area contributed by atoms with Crippen LogP contribution >= 0.6 is 0 Å². The van der Waals surface area contributed by atoms with E-state index in [4.69, 9.17) is 4.98 Å². The second kappa shape index (κ2) is 10.4. The highest BCUT2D eigenvalue weighted by Gasteiger charge is 2.21. The van der Waals surface area contributed by atoms with Gasteiger partial charge in [0.1, 0.15) is 0 Å². The van der Waals surface area contributed by atoms with Gasteiger partial charge >= 0.3 is 6.03 Å². The average Bonchev–Trinajstić information content (AvgIpc) is 2.85. The van der Waals surface area contributed by atoms with Crippen molar-refractivity contribution in [1.29, 1.82) is 0 Å². The fraction of sp³-hybridized carbons (Fsp3) is 0.423. The fourth-order valence-electron chi connectivity index (χ4n) is 4.44. The minimum atomic E-state index is 0.0475. The predicted octanol–water partition coefficient (Wildman–Crippen LogP) is 4.95. The molecule has 3 aromatic rings. The molecular weight excluding hydrogens is 398 g/mol. The molecule has 6 nitrogen and oxygen atoms in total. The maximum absolute atomic E-state index is 12.1. The summed E-state index contributed by atoms with van der Waals surface area (Å²) in [5, 5.41) is 5.52. The predicted molar refractivity (Wildman–Crippen MR) is 131 cm³/mol. The molecule has 1 aliphatic heterocycles. The third-order valence-electron chi connectivity index (χ3n) is 6.46. The standard InChI is InChI=1S/C26H33N5O/c1-3-30(4-2)26(32)28-15-11-20-13-17-31(18-14-20)25-27-16-12-24(29-25)23-10-9-21-7-5-6-8-22(21)19-23/h5-10,12,16,19-20H,3-4,11,13-15,17-18H2,1-2H3,(H,28,32). The Morgan fingerprint density at radius 1 is 1.06 bits per heavy atom. The number of urea groups is 1. The van der Waals surface area contributed by atoms with Crippen LogP contribution in [-0.2, 0) is 0 Å². The van der Waals surface area contributed by atoms with Crippen molar-refractivity contribution < 1.29 is 4.79 Å². The van der Waals surface area contributed by atoms with Gasteiger partial charge < -0.3 is 15.1 Å². The van der Waals surface area contributed by atoms with Crippen LogP contribution < -0.4 is 10.2 Å². The van der Waals surface area contributed by atoms with Gasteiger partial charge in [0.25, 0.3) is 0 Å². The van der Waals surface area contributed by atoms with Gasteiger partial charge in [-0.2, -0.15) is 0 Å². The summed E-state index contributed by atoms with van der Waals surface area (Å²) in [6.45, 7) is 8.17. The van der Waals surface area contributed by atoms with Gasteiger partial charge in [0.05, 0.1) is 5.69 Å². The second-order valence-corrected chi connectivity index (χ2v) is 8.43. The molecule has 32 heavy (non-hydrogen) atoms. The summed E-state index contributed by atoms with van der Waals surface area (Å²) in [6.07, 6.45) is 5.09. The smallest absolute Gasteiger partial charge is 0.317 e. The zero-order valence-electron chi connectivity index (χ0n) is 19.1. The number of piperidine rings is 1. The highest BCUT2D eigenvalue weighted by Crippen LogP contribution is 2.26. The highest BCUT2D eigenvalue weighted by atomic mass is 16.2. The van der Waals surface area contributed by atoms with E-state index in [1.165, 1.54) is 10.8 Å². The molecule has 168 valence electrons. The lowest BCUT2D eigenvalue weighted by Gasteiger charge is -2.32. The maximum atomic E-state index is 12.1. The Kier molecular flexibility index (Phi) is 7.20. The molecule has 0 atom stereocenters. The second-order valence-electron chi connectivity index (χ2n) is 8.43. The molecule has 6 heteroatoms. The largest absolute Gasteiger partial charge is 0.341 e. The summed E-state index contributed by atoms with van der Waals surface area (Å²) >= 11 is 0. The molecule has 1 aromatic heterocycles. The number of anilines is 1. The van der Waals surface area contributed by atoms with Crippen LogP contribution in [0, 0.1) is 5.92 Å². The first-order chi connectivity index (χ1) is 15.7. The molecule has 1 saturated heterocycles. The lowest BCUT2D eigenvalue weighted by atomic mass is 9.94. The number of carbonyl (C=O) groups is 1. The lowest BCUT2D eigenvalue weighted by molar-refractivity contribution is 0.202. The van der Waals surface area contributed by atoms with E-state index < -0.39 is 0 Å². The fourth-order valence-corrected chi connectivity index (χ4v) is 4.44. The molecule has 1 aliphatic rings. The van der Waals surface area contributed by atoms with Crippen molar-refractivity contribution in [2.24, 2.45) is 5.92 Å². The number of hydrogen-bond acceptors (Lipinski definition) is 4. The minimum Gasteiger partial charge on any atom is -0.341 e. The molecule has 1 N–H and O–H groups in total. The third-order valence-corrected chi connectivity index (χ3v) is 6.46. The van der Waals surface area contributed by atoms with Crippen LogP contribution in [0.15, 0.2) is 54.7 Å². The zero-order chi connectivity index (χ0) is 22.3. The number of rotatable bonds is 7. The Bertz CT molecular complexity index is 1040. The Balaban J connectivity index is 1.32. The SMILES string of the molecule is CCN(CC)C(=O)NCCC1CCN(c2nccc(-c3ccc4ccccc4c3)n2)CC1. The number of carbonyl (C=O) groups excluding carboxylic acids is 1. The van der Waals surface area contributed by atoms with Gasteiger partial charge in [-0.25, -0.2) is 14.8 Å². The monoisotopic (exact) mass is 431 g/mol. The number of hydrogen-bond donors (Lipinski definition) is 1. The zero-order valence-corrected chi connectivity index (χ0v) is 19.1. The van der Waals surface area contributed by atoms with E-state index in [2.05, 4.69) is 57.7 Å². The van der Waals surface area contributed by atoms with Crippen LogP contribution in [0.25, 0.3) is 22.0 Å². The van der Waals surface area contributed by atoms with Gasteiger partial charge in [-0.05, 0) is 61.9 Å². The molecular formula is C26H33N5O. The summed E-state index contributed by atoms with van der Waals surface area (Å²) in [5.74, 6) is 1.44. The lowest BCUT2D eigenvalue weighted by Crippen LogP contribution is -2.41. The molecule has 0 bridgehead atoms. The van der Waals surface area contributed by atoms with Crippen molar-refractivity contribution in [3.63, 3.8) is 0 Å². The van der Waals surface area contributed by atoms with Gasteiger partial charge in [-0.3, -0.25) is 0 Å². The van der Waals surface area contributed by atoms with Crippen LogP contribution in [-0.4, -0.2) is 53.6 Å². The van der Waals surface area contributed by atoms with Crippen molar-refractivity contribution in [3.05, 3.63) is 54.7 Å². The van der Waals surface area contributed by atoms with Gasteiger partial charge in [0, 0.05) is 44.5 Å². The molecule has 1 fully saturated rings. The number of nitrogens with zero attached hydrogens (tertiary/aromatic N) is 4. The maximum Gasteiger partial charge on any atom is 0.317 e. The Hall–Kier alpha value is -3.15. The topological polar surface area (TPSA) is 61.4 Å².